The van der Waals surface area contributed by atoms with E-state index in [1.165, 1.54) is 6.26 Å². The van der Waals surface area contributed by atoms with E-state index < -0.39 is 12.8 Å². The molecule has 1 saturated carbocycles. The summed E-state index contributed by atoms with van der Waals surface area (Å²) in [5.74, 6) is 0.0915. The molecule has 1 aliphatic rings. The number of oxazole rings is 1. The molecule has 1 fully saturated rings. The van der Waals surface area contributed by atoms with Crippen LogP contribution in [0.5, 0.6) is 0 Å². The second-order valence-electron chi connectivity index (χ2n) is 6.09. The Morgan fingerprint density at radius 1 is 1.30 bits per heavy atom. The molecule has 0 saturated heterocycles. The number of hydrogen-bond acceptors (Lipinski definition) is 4. The molecule has 1 aromatic heterocycles. The van der Waals surface area contributed by atoms with Crippen LogP contribution >= 0.6 is 0 Å². The van der Waals surface area contributed by atoms with Gasteiger partial charge in [-0.15, -0.1) is 0 Å². The summed E-state index contributed by atoms with van der Waals surface area (Å²) in [6, 6.07) is 10.1. The van der Waals surface area contributed by atoms with E-state index >= 15 is 0 Å². The first-order valence-electron chi connectivity index (χ1n) is 8.10. The van der Waals surface area contributed by atoms with Gasteiger partial charge in [0.15, 0.2) is 6.67 Å². The van der Waals surface area contributed by atoms with E-state index in [0.717, 1.165) is 31.2 Å². The van der Waals surface area contributed by atoms with Crippen molar-refractivity contribution in [2.24, 2.45) is 5.92 Å². The third-order valence-corrected chi connectivity index (χ3v) is 4.43. The molecule has 0 radical (unpaired) electrons. The fourth-order valence-corrected chi connectivity index (χ4v) is 3.17. The Bertz CT molecular complexity index is 601. The van der Waals surface area contributed by atoms with Gasteiger partial charge in [-0.05, 0) is 30.7 Å². The molecule has 1 aliphatic carbocycles. The Balaban J connectivity index is 1.55. The number of aliphatic hydroxyl groups excluding tert-OH is 1. The summed E-state index contributed by atoms with van der Waals surface area (Å²) in [6.07, 6.45) is 4.49. The maximum absolute atomic E-state index is 12.5. The summed E-state index contributed by atoms with van der Waals surface area (Å²) in [6.45, 7) is -0.162. The fourth-order valence-electron chi connectivity index (χ4n) is 3.17. The Morgan fingerprint density at radius 2 is 2.13 bits per heavy atom. The summed E-state index contributed by atoms with van der Waals surface area (Å²) >= 11 is 0. The minimum absolute atomic E-state index is 0.0201. The second-order valence-corrected chi connectivity index (χ2v) is 6.09. The van der Waals surface area contributed by atoms with E-state index in [1.807, 2.05) is 30.3 Å². The highest BCUT2D eigenvalue weighted by Crippen LogP contribution is 2.35. The highest BCUT2D eigenvalue weighted by atomic mass is 19.1. The molecule has 0 aliphatic heterocycles. The van der Waals surface area contributed by atoms with Gasteiger partial charge in [0.1, 0.15) is 18.1 Å². The lowest BCUT2D eigenvalue weighted by atomic mass is 9.82. The van der Waals surface area contributed by atoms with E-state index in [1.54, 1.807) is 0 Å². The van der Waals surface area contributed by atoms with Crippen molar-refractivity contribution in [3.63, 3.8) is 0 Å². The number of alkyl halides is 1. The zero-order valence-corrected chi connectivity index (χ0v) is 13.0. The van der Waals surface area contributed by atoms with Crippen LogP contribution in [0.2, 0.25) is 0 Å². The van der Waals surface area contributed by atoms with Gasteiger partial charge in [0.05, 0.1) is 12.7 Å². The van der Waals surface area contributed by atoms with Crippen LogP contribution in [0.25, 0.3) is 0 Å². The number of aromatic nitrogens is 1. The van der Waals surface area contributed by atoms with Gasteiger partial charge < -0.3 is 14.3 Å². The fraction of sp³-hybridized carbons (Fsp3) is 0.500. The summed E-state index contributed by atoms with van der Waals surface area (Å²) in [7, 11) is 0. The molecule has 3 unspecified atom stereocenters. The van der Waals surface area contributed by atoms with Gasteiger partial charge >= 0.3 is 0 Å². The van der Waals surface area contributed by atoms with E-state index in [9.17, 15) is 9.50 Å². The van der Waals surface area contributed by atoms with Gasteiger partial charge in [0, 0.05) is 0 Å². The van der Waals surface area contributed by atoms with E-state index in [0.29, 0.717) is 12.3 Å². The van der Waals surface area contributed by atoms with Gasteiger partial charge in [-0.2, -0.15) is 0 Å². The van der Waals surface area contributed by atoms with Crippen molar-refractivity contribution in [1.29, 1.82) is 0 Å². The van der Waals surface area contributed by atoms with Crippen molar-refractivity contribution in [3.8, 4) is 0 Å². The smallest absolute Gasteiger partial charge is 0.225 e. The van der Waals surface area contributed by atoms with Crippen LogP contribution in [-0.4, -0.2) is 16.2 Å². The molecule has 3 rings (SSSR count). The first kappa shape index (κ1) is 16.1. The summed E-state index contributed by atoms with van der Waals surface area (Å²) in [4.78, 5) is 3.99. The molecule has 1 heterocycles. The topological polar surface area (TPSA) is 55.5 Å². The largest absolute Gasteiger partial charge is 0.446 e. The number of rotatable bonds is 6. The number of benzene rings is 1. The number of hydrogen-bond donors (Lipinski definition) is 1. The molecule has 124 valence electrons. The summed E-state index contributed by atoms with van der Waals surface area (Å²) in [5.41, 5.74) is 1.57. The zero-order chi connectivity index (χ0) is 16.1. The van der Waals surface area contributed by atoms with Gasteiger partial charge in [-0.25, -0.2) is 9.37 Å². The summed E-state index contributed by atoms with van der Waals surface area (Å²) in [5, 5.41) is 10.5. The van der Waals surface area contributed by atoms with Crippen LogP contribution in [0.1, 0.15) is 48.9 Å². The molecule has 23 heavy (non-hydrogen) atoms. The second kappa shape index (κ2) is 7.70. The summed E-state index contributed by atoms with van der Waals surface area (Å²) < 4.78 is 23.5. The van der Waals surface area contributed by atoms with Crippen LogP contribution in [-0.2, 0) is 18.0 Å². The normalized spacial score (nSPS) is 22.9. The van der Waals surface area contributed by atoms with Crippen LogP contribution in [0, 0.1) is 5.92 Å². The maximum Gasteiger partial charge on any atom is 0.225 e. The molecule has 4 nitrogen and oxygen atoms in total. The minimum atomic E-state index is -0.750. The maximum atomic E-state index is 12.5. The SMILES string of the molecule is OC(c1coc(CF)n1)C1CCCC(OCc2ccccc2)C1. The lowest BCUT2D eigenvalue weighted by Gasteiger charge is -2.31. The molecule has 5 heteroatoms. The third kappa shape index (κ3) is 4.18. The van der Waals surface area contributed by atoms with Crippen LogP contribution < -0.4 is 0 Å². The first-order chi connectivity index (χ1) is 11.3. The molecule has 1 aromatic carbocycles. The van der Waals surface area contributed by atoms with Crippen molar-refractivity contribution >= 4 is 0 Å². The van der Waals surface area contributed by atoms with Crippen molar-refractivity contribution in [2.45, 2.75) is 51.2 Å². The molecule has 0 amide bonds. The van der Waals surface area contributed by atoms with E-state index in [2.05, 4.69) is 4.98 Å². The monoisotopic (exact) mass is 319 g/mol. The van der Waals surface area contributed by atoms with Gasteiger partial charge in [-0.3, -0.25) is 0 Å². The highest BCUT2D eigenvalue weighted by Gasteiger charge is 2.30. The lowest BCUT2D eigenvalue weighted by molar-refractivity contribution is -0.0257. The average molecular weight is 319 g/mol. The van der Waals surface area contributed by atoms with Crippen molar-refractivity contribution in [2.75, 3.05) is 0 Å². The first-order valence-corrected chi connectivity index (χ1v) is 8.10. The van der Waals surface area contributed by atoms with Crippen LogP contribution in [0.15, 0.2) is 41.0 Å². The Morgan fingerprint density at radius 3 is 2.87 bits per heavy atom. The molecule has 1 N–H and O–H groups in total. The number of aliphatic hydroxyl groups is 1. The van der Waals surface area contributed by atoms with Crippen LogP contribution in [0.4, 0.5) is 4.39 Å². The van der Waals surface area contributed by atoms with Crippen molar-refractivity contribution in [3.05, 3.63) is 53.7 Å². The molecule has 0 spiro atoms. The van der Waals surface area contributed by atoms with E-state index in [4.69, 9.17) is 9.15 Å². The van der Waals surface area contributed by atoms with Crippen LogP contribution in [0.3, 0.4) is 0 Å². The lowest BCUT2D eigenvalue weighted by Crippen LogP contribution is -2.27. The predicted octanol–water partition coefficient (Wildman–Crippen LogP) is 3.95. The average Bonchev–Trinajstić information content (AvgIpc) is 3.10. The standard InChI is InChI=1S/C18H22FNO3/c19-10-17-20-16(12-23-17)18(21)14-7-4-8-15(9-14)22-11-13-5-2-1-3-6-13/h1-3,5-6,12,14-15,18,21H,4,7-11H2. The molecule has 2 aromatic rings. The Labute approximate surface area is 135 Å². The molecule has 3 atom stereocenters. The molecular weight excluding hydrogens is 297 g/mol. The zero-order valence-electron chi connectivity index (χ0n) is 13.0. The quantitative estimate of drug-likeness (QED) is 0.876. The predicted molar refractivity (Wildman–Crippen MR) is 83.3 cm³/mol. The molecule has 0 bridgehead atoms. The Kier molecular flexibility index (Phi) is 5.41. The minimum Gasteiger partial charge on any atom is -0.446 e. The number of nitrogens with zero attached hydrogens (tertiary/aromatic N) is 1. The van der Waals surface area contributed by atoms with Gasteiger partial charge in [-0.1, -0.05) is 36.8 Å². The van der Waals surface area contributed by atoms with Gasteiger partial charge in [0.25, 0.3) is 0 Å². The van der Waals surface area contributed by atoms with Crippen molar-refractivity contribution in [1.82, 2.24) is 4.98 Å². The van der Waals surface area contributed by atoms with Gasteiger partial charge in [0.2, 0.25) is 5.89 Å². The van der Waals surface area contributed by atoms with E-state index in [-0.39, 0.29) is 17.9 Å². The van der Waals surface area contributed by atoms with Crippen molar-refractivity contribution < 1.29 is 18.7 Å². The molecular formula is C18H22FNO3. The highest BCUT2D eigenvalue weighted by molar-refractivity contribution is 5.13. The number of ether oxygens (including phenoxy) is 1. The third-order valence-electron chi connectivity index (χ3n) is 4.43. The Hall–Kier alpha value is -1.72. The number of halogens is 1.